The molecule has 0 aliphatic carbocycles. The van der Waals surface area contributed by atoms with E-state index in [1.54, 1.807) is 0 Å². The van der Waals surface area contributed by atoms with Gasteiger partial charge in [0, 0.05) is 10.0 Å². The number of halogens is 2. The number of nitro groups is 1. The Hall–Kier alpha value is -1.50. The van der Waals surface area contributed by atoms with Gasteiger partial charge < -0.3 is 4.74 Å². The number of nitrogens with zero attached hydrogens (tertiary/aromatic N) is 1. The molecular formula is C9H7BrFNO4. The van der Waals surface area contributed by atoms with Gasteiger partial charge in [-0.15, -0.1) is 0 Å². The number of carbonyl (C=O) groups excluding carboxylic acids is 1. The van der Waals surface area contributed by atoms with Gasteiger partial charge >= 0.3 is 11.7 Å². The molecule has 0 atom stereocenters. The number of hydrogen-bond acceptors (Lipinski definition) is 4. The van der Waals surface area contributed by atoms with Gasteiger partial charge in [-0.2, -0.15) is 4.39 Å². The Morgan fingerprint density at radius 3 is 2.75 bits per heavy atom. The van der Waals surface area contributed by atoms with Crippen molar-refractivity contribution in [3.63, 3.8) is 0 Å². The van der Waals surface area contributed by atoms with Crippen molar-refractivity contribution in [2.45, 2.75) is 6.42 Å². The van der Waals surface area contributed by atoms with Crippen LogP contribution in [0.1, 0.15) is 5.56 Å². The number of methoxy groups -OCH3 is 1. The summed E-state index contributed by atoms with van der Waals surface area (Å²) in [4.78, 5) is 20.8. The second kappa shape index (κ2) is 5.02. The molecule has 0 aliphatic heterocycles. The molecule has 0 bridgehead atoms. The molecule has 0 amide bonds. The Kier molecular flexibility index (Phi) is 3.94. The third-order valence-corrected chi connectivity index (χ3v) is 2.31. The first-order valence-electron chi connectivity index (χ1n) is 4.15. The predicted octanol–water partition coefficient (Wildman–Crippen LogP) is 2.21. The van der Waals surface area contributed by atoms with Gasteiger partial charge in [0.2, 0.25) is 5.82 Å². The highest BCUT2D eigenvalue weighted by Crippen LogP contribution is 2.27. The van der Waals surface area contributed by atoms with Crippen molar-refractivity contribution in [1.29, 1.82) is 0 Å². The van der Waals surface area contributed by atoms with Gasteiger partial charge in [0.25, 0.3) is 0 Å². The maximum absolute atomic E-state index is 13.3. The average Bonchev–Trinajstić information content (AvgIpc) is 2.15. The number of hydrogen-bond donors (Lipinski definition) is 0. The van der Waals surface area contributed by atoms with Gasteiger partial charge in [0.05, 0.1) is 18.5 Å². The summed E-state index contributed by atoms with van der Waals surface area (Å²) in [6.45, 7) is 0. The van der Waals surface area contributed by atoms with Crippen molar-refractivity contribution in [2.24, 2.45) is 0 Å². The van der Waals surface area contributed by atoms with Crippen LogP contribution >= 0.6 is 15.9 Å². The monoisotopic (exact) mass is 291 g/mol. The first-order chi connectivity index (χ1) is 7.45. The van der Waals surface area contributed by atoms with Crippen LogP contribution in [0.2, 0.25) is 0 Å². The molecule has 0 radical (unpaired) electrons. The second-order valence-electron chi connectivity index (χ2n) is 2.91. The van der Waals surface area contributed by atoms with Crippen LogP contribution in [-0.2, 0) is 16.0 Å². The number of nitro benzene ring substituents is 1. The standard InChI is InChI=1S/C9H7BrFNO4/c1-16-8(13)3-5-2-6(10)4-7(11)9(5)12(14)15/h2,4H,3H2,1H3. The summed E-state index contributed by atoms with van der Waals surface area (Å²) in [5.41, 5.74) is -0.725. The van der Waals surface area contributed by atoms with Crippen molar-refractivity contribution in [3.8, 4) is 0 Å². The van der Waals surface area contributed by atoms with E-state index in [1.807, 2.05) is 0 Å². The zero-order chi connectivity index (χ0) is 12.3. The molecule has 0 aromatic heterocycles. The van der Waals surface area contributed by atoms with E-state index in [-0.39, 0.29) is 12.0 Å². The van der Waals surface area contributed by atoms with Crippen molar-refractivity contribution in [2.75, 3.05) is 7.11 Å². The molecule has 1 aromatic carbocycles. The molecule has 0 spiro atoms. The Morgan fingerprint density at radius 1 is 1.62 bits per heavy atom. The third-order valence-electron chi connectivity index (χ3n) is 1.85. The minimum absolute atomic E-state index is 0.0243. The van der Waals surface area contributed by atoms with E-state index >= 15 is 0 Å². The minimum atomic E-state index is -0.988. The Balaban J connectivity index is 3.24. The number of ether oxygens (including phenoxy) is 1. The van der Waals surface area contributed by atoms with Gasteiger partial charge in [0.1, 0.15) is 0 Å². The number of rotatable bonds is 3. The predicted molar refractivity (Wildman–Crippen MR) is 56.5 cm³/mol. The maximum atomic E-state index is 13.3. The summed E-state index contributed by atoms with van der Waals surface area (Å²) < 4.78 is 18.0. The number of benzene rings is 1. The van der Waals surface area contributed by atoms with Gasteiger partial charge in [-0.25, -0.2) is 0 Å². The first kappa shape index (κ1) is 12.6. The highest BCUT2D eigenvalue weighted by atomic mass is 79.9. The molecule has 0 saturated carbocycles. The van der Waals surface area contributed by atoms with Crippen molar-refractivity contribution in [1.82, 2.24) is 0 Å². The van der Waals surface area contributed by atoms with Crippen LogP contribution in [-0.4, -0.2) is 18.0 Å². The van der Waals surface area contributed by atoms with E-state index in [0.29, 0.717) is 4.47 Å². The molecule has 1 rings (SSSR count). The Bertz CT molecular complexity index is 449. The molecule has 0 saturated heterocycles. The third kappa shape index (κ3) is 2.75. The maximum Gasteiger partial charge on any atom is 0.310 e. The molecule has 16 heavy (non-hydrogen) atoms. The Morgan fingerprint density at radius 2 is 2.25 bits per heavy atom. The molecule has 0 N–H and O–H groups in total. The van der Waals surface area contributed by atoms with Crippen LogP contribution in [0.4, 0.5) is 10.1 Å². The SMILES string of the molecule is COC(=O)Cc1cc(Br)cc(F)c1[N+](=O)[O-]. The number of esters is 1. The smallest absolute Gasteiger partial charge is 0.310 e. The van der Waals surface area contributed by atoms with E-state index in [2.05, 4.69) is 20.7 Å². The van der Waals surface area contributed by atoms with Crippen molar-refractivity contribution >= 4 is 27.6 Å². The fraction of sp³-hybridized carbons (Fsp3) is 0.222. The highest BCUT2D eigenvalue weighted by Gasteiger charge is 2.23. The van der Waals surface area contributed by atoms with Crippen LogP contribution in [0.15, 0.2) is 16.6 Å². The van der Waals surface area contributed by atoms with E-state index in [1.165, 1.54) is 6.07 Å². The van der Waals surface area contributed by atoms with E-state index in [9.17, 15) is 19.3 Å². The van der Waals surface area contributed by atoms with E-state index < -0.39 is 22.4 Å². The zero-order valence-corrected chi connectivity index (χ0v) is 9.78. The molecule has 7 heteroatoms. The quantitative estimate of drug-likeness (QED) is 0.486. The summed E-state index contributed by atoms with van der Waals surface area (Å²) in [6.07, 6.45) is -0.344. The molecular weight excluding hydrogens is 285 g/mol. The molecule has 5 nitrogen and oxygen atoms in total. The molecule has 0 heterocycles. The minimum Gasteiger partial charge on any atom is -0.469 e. The molecule has 0 unspecified atom stereocenters. The topological polar surface area (TPSA) is 69.4 Å². The summed E-state index contributed by atoms with van der Waals surface area (Å²) in [5, 5.41) is 10.6. The highest BCUT2D eigenvalue weighted by molar-refractivity contribution is 9.10. The normalized spacial score (nSPS) is 9.94. The van der Waals surface area contributed by atoms with Gasteiger partial charge in [-0.05, 0) is 12.1 Å². The molecule has 0 aliphatic rings. The second-order valence-corrected chi connectivity index (χ2v) is 3.82. The van der Waals surface area contributed by atoms with Crippen LogP contribution in [0.5, 0.6) is 0 Å². The lowest BCUT2D eigenvalue weighted by atomic mass is 10.1. The van der Waals surface area contributed by atoms with E-state index in [0.717, 1.165) is 13.2 Å². The fourth-order valence-corrected chi connectivity index (χ4v) is 1.66. The molecule has 1 aromatic rings. The summed E-state index contributed by atoms with van der Waals surface area (Å²) in [7, 11) is 1.16. The van der Waals surface area contributed by atoms with E-state index in [4.69, 9.17) is 0 Å². The van der Waals surface area contributed by atoms with Gasteiger partial charge in [0.15, 0.2) is 0 Å². The van der Waals surface area contributed by atoms with Crippen LogP contribution < -0.4 is 0 Å². The Labute approximate surface area is 98.5 Å². The van der Waals surface area contributed by atoms with Gasteiger partial charge in [-0.3, -0.25) is 14.9 Å². The largest absolute Gasteiger partial charge is 0.469 e. The van der Waals surface area contributed by atoms with Crippen LogP contribution in [0.3, 0.4) is 0 Å². The average molecular weight is 292 g/mol. The summed E-state index contributed by atoms with van der Waals surface area (Å²) in [6, 6.07) is 2.29. The number of carbonyl (C=O) groups is 1. The molecule has 0 fully saturated rings. The van der Waals surface area contributed by atoms with Crippen molar-refractivity contribution in [3.05, 3.63) is 38.1 Å². The lowest BCUT2D eigenvalue weighted by Gasteiger charge is -2.03. The lowest BCUT2D eigenvalue weighted by molar-refractivity contribution is -0.388. The fourth-order valence-electron chi connectivity index (χ4n) is 1.19. The lowest BCUT2D eigenvalue weighted by Crippen LogP contribution is -2.08. The molecule has 86 valence electrons. The summed E-state index contributed by atoms with van der Waals surface area (Å²) >= 11 is 2.99. The van der Waals surface area contributed by atoms with Gasteiger partial charge in [-0.1, -0.05) is 15.9 Å². The van der Waals surface area contributed by atoms with Crippen LogP contribution in [0, 0.1) is 15.9 Å². The van der Waals surface area contributed by atoms with Crippen LogP contribution in [0.25, 0.3) is 0 Å². The van der Waals surface area contributed by atoms with Crippen molar-refractivity contribution < 1.29 is 18.8 Å². The summed E-state index contributed by atoms with van der Waals surface area (Å²) in [5.74, 6) is -1.65. The first-order valence-corrected chi connectivity index (χ1v) is 4.94. The zero-order valence-electron chi connectivity index (χ0n) is 8.20.